The first kappa shape index (κ1) is 13.3. The van der Waals surface area contributed by atoms with Gasteiger partial charge in [0, 0.05) is 18.9 Å². The van der Waals surface area contributed by atoms with Crippen molar-refractivity contribution in [1.82, 2.24) is 0 Å². The minimum atomic E-state index is -0.673. The predicted octanol–water partition coefficient (Wildman–Crippen LogP) is 1.23. The number of hydrogen-bond donors (Lipinski definition) is 1. The van der Waals surface area contributed by atoms with Gasteiger partial charge in [0.2, 0.25) is 0 Å². The van der Waals surface area contributed by atoms with Crippen molar-refractivity contribution in [2.45, 2.75) is 13.0 Å². The Labute approximate surface area is 100 Å². The van der Waals surface area contributed by atoms with Crippen LogP contribution in [0.1, 0.15) is 6.92 Å². The van der Waals surface area contributed by atoms with E-state index in [1.807, 2.05) is 0 Å². The zero-order chi connectivity index (χ0) is 12.7. The van der Waals surface area contributed by atoms with E-state index in [4.69, 9.17) is 19.9 Å². The fourth-order valence-corrected chi connectivity index (χ4v) is 1.18. The number of rotatable bonds is 6. The third kappa shape index (κ3) is 4.74. The van der Waals surface area contributed by atoms with E-state index in [-0.39, 0.29) is 6.61 Å². The number of esters is 1. The molecule has 0 spiro atoms. The van der Waals surface area contributed by atoms with Gasteiger partial charge in [0.25, 0.3) is 0 Å². The average Bonchev–Trinajstić information content (AvgIpc) is 2.29. The highest BCUT2D eigenvalue weighted by Gasteiger charge is 2.16. The summed E-state index contributed by atoms with van der Waals surface area (Å²) in [5.41, 5.74) is 6.18. The predicted molar refractivity (Wildman–Crippen MR) is 63.8 cm³/mol. The molecule has 1 aromatic rings. The Morgan fingerprint density at radius 1 is 1.41 bits per heavy atom. The van der Waals surface area contributed by atoms with Gasteiger partial charge < -0.3 is 19.9 Å². The van der Waals surface area contributed by atoms with Crippen molar-refractivity contribution < 1.29 is 19.0 Å². The van der Waals surface area contributed by atoms with Gasteiger partial charge in [0.1, 0.15) is 12.4 Å². The minimum absolute atomic E-state index is 0.222. The Morgan fingerprint density at radius 2 is 2.18 bits per heavy atom. The van der Waals surface area contributed by atoms with E-state index in [1.165, 1.54) is 0 Å². The Balaban J connectivity index is 2.43. The molecule has 0 heterocycles. The summed E-state index contributed by atoms with van der Waals surface area (Å²) >= 11 is 0. The lowest BCUT2D eigenvalue weighted by molar-refractivity contribution is -0.152. The molecule has 0 amide bonds. The molecule has 0 aliphatic rings. The molecule has 17 heavy (non-hydrogen) atoms. The van der Waals surface area contributed by atoms with Gasteiger partial charge in [-0.15, -0.1) is 0 Å². The number of anilines is 1. The molecule has 0 saturated carbocycles. The maximum absolute atomic E-state index is 11.5. The molecule has 0 fully saturated rings. The van der Waals surface area contributed by atoms with E-state index < -0.39 is 12.1 Å². The second kappa shape index (κ2) is 6.75. The number of nitrogen functional groups attached to an aromatic ring is 1. The zero-order valence-electron chi connectivity index (χ0n) is 10.0. The summed E-state index contributed by atoms with van der Waals surface area (Å²) in [5, 5.41) is 0. The van der Waals surface area contributed by atoms with E-state index in [9.17, 15) is 4.79 Å². The van der Waals surface area contributed by atoms with Crippen molar-refractivity contribution in [3.63, 3.8) is 0 Å². The van der Waals surface area contributed by atoms with Crippen LogP contribution >= 0.6 is 0 Å². The fraction of sp³-hybridized carbons (Fsp3) is 0.417. The highest BCUT2D eigenvalue weighted by atomic mass is 16.6. The van der Waals surface area contributed by atoms with Crippen molar-refractivity contribution in [2.75, 3.05) is 26.1 Å². The third-order valence-electron chi connectivity index (χ3n) is 2.03. The van der Waals surface area contributed by atoms with Gasteiger partial charge in [-0.1, -0.05) is 6.07 Å². The molecule has 0 unspecified atom stereocenters. The Kier molecular flexibility index (Phi) is 5.29. The summed E-state index contributed by atoms with van der Waals surface area (Å²) in [6.45, 7) is 2.22. The van der Waals surface area contributed by atoms with E-state index in [0.29, 0.717) is 18.0 Å². The molecule has 1 aromatic carbocycles. The molecule has 0 saturated heterocycles. The van der Waals surface area contributed by atoms with Gasteiger partial charge in [-0.3, -0.25) is 0 Å². The molecule has 0 radical (unpaired) electrons. The van der Waals surface area contributed by atoms with Crippen LogP contribution in [-0.4, -0.2) is 32.4 Å². The Bertz CT molecular complexity index is 367. The molecular weight excluding hydrogens is 222 g/mol. The van der Waals surface area contributed by atoms with Crippen LogP contribution in [0.2, 0.25) is 0 Å². The summed E-state index contributed by atoms with van der Waals surface area (Å²) in [5.74, 6) is 0.116. The van der Waals surface area contributed by atoms with Gasteiger partial charge in [-0.2, -0.15) is 0 Å². The maximum atomic E-state index is 11.5. The van der Waals surface area contributed by atoms with Gasteiger partial charge in [-0.05, 0) is 19.1 Å². The molecule has 5 heteroatoms. The van der Waals surface area contributed by atoms with Crippen molar-refractivity contribution in [3.05, 3.63) is 24.3 Å². The minimum Gasteiger partial charge on any atom is -0.479 e. The molecule has 0 aliphatic carbocycles. The van der Waals surface area contributed by atoms with Gasteiger partial charge in [0.05, 0.1) is 6.61 Å². The van der Waals surface area contributed by atoms with Crippen LogP contribution in [0.15, 0.2) is 24.3 Å². The maximum Gasteiger partial charge on any atom is 0.347 e. The molecule has 1 rings (SSSR count). The van der Waals surface area contributed by atoms with Crippen LogP contribution in [0.4, 0.5) is 5.69 Å². The van der Waals surface area contributed by atoms with Gasteiger partial charge in [-0.25, -0.2) is 4.79 Å². The van der Waals surface area contributed by atoms with Crippen molar-refractivity contribution in [1.29, 1.82) is 0 Å². The molecule has 5 nitrogen and oxygen atoms in total. The van der Waals surface area contributed by atoms with E-state index in [2.05, 4.69) is 0 Å². The lowest BCUT2D eigenvalue weighted by atomic mass is 10.3. The summed E-state index contributed by atoms with van der Waals surface area (Å²) in [7, 11) is 1.54. The zero-order valence-corrected chi connectivity index (χ0v) is 10.0. The van der Waals surface area contributed by atoms with Gasteiger partial charge >= 0.3 is 5.97 Å². The Morgan fingerprint density at radius 3 is 2.82 bits per heavy atom. The van der Waals surface area contributed by atoms with Crippen molar-refractivity contribution in [2.24, 2.45) is 0 Å². The number of methoxy groups -OCH3 is 1. The fourth-order valence-electron chi connectivity index (χ4n) is 1.18. The number of benzene rings is 1. The summed E-state index contributed by atoms with van der Waals surface area (Å²) in [6, 6.07) is 6.89. The van der Waals surface area contributed by atoms with Crippen molar-refractivity contribution >= 4 is 11.7 Å². The van der Waals surface area contributed by atoms with Crippen LogP contribution in [0.3, 0.4) is 0 Å². The summed E-state index contributed by atoms with van der Waals surface area (Å²) < 4.78 is 15.1. The monoisotopic (exact) mass is 239 g/mol. The summed E-state index contributed by atoms with van der Waals surface area (Å²) in [6.07, 6.45) is -0.673. The second-order valence-electron chi connectivity index (χ2n) is 3.49. The first-order valence-corrected chi connectivity index (χ1v) is 5.31. The number of hydrogen-bond acceptors (Lipinski definition) is 5. The Hall–Kier alpha value is -1.75. The first-order chi connectivity index (χ1) is 8.13. The highest BCUT2D eigenvalue weighted by molar-refractivity contribution is 5.74. The topological polar surface area (TPSA) is 70.8 Å². The second-order valence-corrected chi connectivity index (χ2v) is 3.49. The van der Waals surface area contributed by atoms with Gasteiger partial charge in [0.15, 0.2) is 6.10 Å². The molecule has 0 bridgehead atoms. The standard InChI is InChI=1S/C12H17NO4/c1-9(12(14)16-7-6-15-2)17-11-5-3-4-10(13)8-11/h3-5,8-9H,6-7,13H2,1-2H3/t9-/m1/s1. The molecule has 0 aromatic heterocycles. The smallest absolute Gasteiger partial charge is 0.347 e. The van der Waals surface area contributed by atoms with Crippen LogP contribution < -0.4 is 10.5 Å². The SMILES string of the molecule is COCCOC(=O)[C@@H](C)Oc1cccc(N)c1. The molecule has 1 atom stereocenters. The van der Waals surface area contributed by atoms with Crippen LogP contribution in [-0.2, 0) is 14.3 Å². The average molecular weight is 239 g/mol. The number of carbonyl (C=O) groups excluding carboxylic acids is 1. The van der Waals surface area contributed by atoms with Crippen LogP contribution in [0.25, 0.3) is 0 Å². The van der Waals surface area contributed by atoms with Crippen molar-refractivity contribution in [3.8, 4) is 5.75 Å². The normalized spacial score (nSPS) is 11.9. The highest BCUT2D eigenvalue weighted by Crippen LogP contribution is 2.16. The molecule has 94 valence electrons. The molecule has 0 aliphatic heterocycles. The largest absolute Gasteiger partial charge is 0.479 e. The molecule has 2 N–H and O–H groups in total. The van der Waals surface area contributed by atoms with E-state index >= 15 is 0 Å². The third-order valence-corrected chi connectivity index (χ3v) is 2.03. The quantitative estimate of drug-likeness (QED) is 0.459. The summed E-state index contributed by atoms with van der Waals surface area (Å²) in [4.78, 5) is 11.5. The van der Waals surface area contributed by atoms with E-state index in [0.717, 1.165) is 0 Å². The first-order valence-electron chi connectivity index (χ1n) is 5.31. The van der Waals surface area contributed by atoms with Crippen LogP contribution in [0.5, 0.6) is 5.75 Å². The lowest BCUT2D eigenvalue weighted by Crippen LogP contribution is -2.27. The molecular formula is C12H17NO4. The number of nitrogens with two attached hydrogens (primary N) is 1. The number of carbonyl (C=O) groups is 1. The van der Waals surface area contributed by atoms with Crippen LogP contribution in [0, 0.1) is 0 Å². The van der Waals surface area contributed by atoms with E-state index in [1.54, 1.807) is 38.3 Å². The lowest BCUT2D eigenvalue weighted by Gasteiger charge is -2.14. The number of ether oxygens (including phenoxy) is 3.